The molecule has 8 nitrogen and oxygen atoms in total. The lowest BCUT2D eigenvalue weighted by Gasteiger charge is -2.44. The van der Waals surface area contributed by atoms with Crippen molar-refractivity contribution in [3.63, 3.8) is 0 Å². The van der Waals surface area contributed by atoms with Gasteiger partial charge in [0.05, 0.1) is 38.5 Å². The number of hydrogen-bond donors (Lipinski definition) is 1. The Bertz CT molecular complexity index is 1670. The lowest BCUT2D eigenvalue weighted by Crippen LogP contribution is -2.46. The number of methoxy groups -OCH3 is 3. The van der Waals surface area contributed by atoms with E-state index in [-0.39, 0.29) is 34.8 Å². The predicted octanol–water partition coefficient (Wildman–Crippen LogP) is 4.86. The third-order valence-corrected chi connectivity index (χ3v) is 7.80. The minimum atomic E-state index is -1.36. The van der Waals surface area contributed by atoms with Crippen molar-refractivity contribution in [3.05, 3.63) is 118 Å². The van der Waals surface area contributed by atoms with Gasteiger partial charge in [0, 0.05) is 23.3 Å². The fourth-order valence-electron chi connectivity index (χ4n) is 5.83. The van der Waals surface area contributed by atoms with Crippen molar-refractivity contribution in [2.75, 3.05) is 26.2 Å². The van der Waals surface area contributed by atoms with E-state index in [1.54, 1.807) is 24.3 Å². The third kappa shape index (κ3) is 5.11. The Kier molecular flexibility index (Phi) is 7.99. The number of nitrogens with two attached hydrogens (primary N) is 1. The maximum Gasteiger partial charge on any atom is 0.338 e. The van der Waals surface area contributed by atoms with Gasteiger partial charge in [-0.3, -0.25) is 14.5 Å². The number of Topliss-reactive ketones (excluding diaryl/α,β-unsaturated/α-hetero) is 1. The van der Waals surface area contributed by atoms with Crippen molar-refractivity contribution in [3.8, 4) is 5.75 Å². The Labute approximate surface area is 245 Å². The zero-order valence-corrected chi connectivity index (χ0v) is 23.4. The summed E-state index contributed by atoms with van der Waals surface area (Å²) in [7, 11) is 3.76. The molecule has 1 aliphatic heterocycles. The molecule has 0 unspecified atom stereocenters. The first kappa shape index (κ1) is 29.4. The molecule has 3 aromatic carbocycles. The zero-order chi connectivity index (χ0) is 31.0. The molecule has 1 heterocycles. The summed E-state index contributed by atoms with van der Waals surface area (Å²) in [5.41, 5.74) is 7.14. The Balaban J connectivity index is 1.83. The van der Waals surface area contributed by atoms with Crippen LogP contribution in [-0.4, -0.2) is 39.1 Å². The zero-order valence-electron chi connectivity index (χ0n) is 23.4. The van der Waals surface area contributed by atoms with Gasteiger partial charge in [0.1, 0.15) is 34.9 Å². The molecule has 1 aliphatic carbocycles. The first-order valence-electron chi connectivity index (χ1n) is 13.2. The molecule has 5 rings (SSSR count). The molecule has 222 valence electrons. The fourth-order valence-corrected chi connectivity index (χ4v) is 5.83. The maximum atomic E-state index is 15.4. The fraction of sp³-hybridized carbons (Fsp3) is 0.219. The summed E-state index contributed by atoms with van der Waals surface area (Å²) >= 11 is 0. The van der Waals surface area contributed by atoms with Crippen LogP contribution in [0, 0.1) is 23.4 Å². The molecule has 0 radical (unpaired) electrons. The van der Waals surface area contributed by atoms with Crippen LogP contribution >= 0.6 is 0 Å². The van der Waals surface area contributed by atoms with Crippen LogP contribution in [0.2, 0.25) is 0 Å². The van der Waals surface area contributed by atoms with E-state index in [4.69, 9.17) is 19.9 Å². The molecule has 0 bridgehead atoms. The number of rotatable bonds is 6. The van der Waals surface area contributed by atoms with E-state index in [0.717, 1.165) is 38.5 Å². The first-order valence-corrected chi connectivity index (χ1v) is 13.2. The van der Waals surface area contributed by atoms with E-state index in [1.807, 2.05) is 0 Å². The van der Waals surface area contributed by atoms with Gasteiger partial charge >= 0.3 is 11.9 Å². The highest BCUT2D eigenvalue weighted by Gasteiger charge is 2.51. The molecular formula is C32H27F3N2O6. The second-order valence-corrected chi connectivity index (χ2v) is 10.0. The van der Waals surface area contributed by atoms with E-state index in [2.05, 4.69) is 0 Å². The summed E-state index contributed by atoms with van der Waals surface area (Å²) in [4.78, 5) is 42.3. The van der Waals surface area contributed by atoms with Gasteiger partial charge in [-0.1, -0.05) is 24.3 Å². The van der Waals surface area contributed by atoms with Gasteiger partial charge in [0.25, 0.3) is 0 Å². The summed E-state index contributed by atoms with van der Waals surface area (Å²) in [6, 6.07) is 14.6. The van der Waals surface area contributed by atoms with Crippen LogP contribution in [0.3, 0.4) is 0 Å². The van der Waals surface area contributed by atoms with Crippen LogP contribution < -0.4 is 15.4 Å². The van der Waals surface area contributed by atoms with E-state index in [1.165, 1.54) is 24.1 Å². The first-order chi connectivity index (χ1) is 20.6. The maximum absolute atomic E-state index is 15.4. The number of halogens is 3. The standard InChI is InChI=1S/C32H27F3N2O6/c1-41-20-11-6-16(7-12-20)21-15-24-27(29(38)26(21)31(39)42-2)25(17-4-8-18(33)9-5-17)28(32(40)43-3)30(36)37(24)23-13-10-19(34)14-22(23)35/h4-14,21,25-26H,15,36H2,1-3H3/t21-,25-,26-/m1/s1. The minimum Gasteiger partial charge on any atom is -0.497 e. The average molecular weight is 593 g/mol. The van der Waals surface area contributed by atoms with Crippen molar-refractivity contribution in [2.24, 2.45) is 11.7 Å². The van der Waals surface area contributed by atoms with Gasteiger partial charge in [0.15, 0.2) is 5.78 Å². The van der Waals surface area contributed by atoms with Crippen molar-refractivity contribution in [2.45, 2.75) is 18.3 Å². The lowest BCUT2D eigenvalue weighted by molar-refractivity contribution is -0.150. The van der Waals surface area contributed by atoms with E-state index in [0.29, 0.717) is 22.9 Å². The molecule has 2 N–H and O–H groups in total. The van der Waals surface area contributed by atoms with Gasteiger partial charge in [-0.2, -0.15) is 0 Å². The number of ketones is 1. The Hall–Kier alpha value is -5.06. The molecule has 3 aromatic rings. The number of benzene rings is 3. The van der Waals surface area contributed by atoms with Crippen molar-refractivity contribution in [1.29, 1.82) is 0 Å². The van der Waals surface area contributed by atoms with Gasteiger partial charge in [-0.05, 0) is 53.9 Å². The van der Waals surface area contributed by atoms with Gasteiger partial charge in [-0.25, -0.2) is 18.0 Å². The molecule has 0 spiro atoms. The number of hydrogen-bond acceptors (Lipinski definition) is 8. The smallest absolute Gasteiger partial charge is 0.338 e. The number of ether oxygens (including phenoxy) is 3. The molecule has 43 heavy (non-hydrogen) atoms. The van der Waals surface area contributed by atoms with Crippen LogP contribution in [0.25, 0.3) is 0 Å². The monoisotopic (exact) mass is 592 g/mol. The van der Waals surface area contributed by atoms with Crippen molar-refractivity contribution < 1.29 is 41.8 Å². The Morgan fingerprint density at radius 3 is 2.07 bits per heavy atom. The van der Waals surface area contributed by atoms with Crippen LogP contribution in [0.15, 0.2) is 89.4 Å². The number of nitrogens with zero attached hydrogens (tertiary/aromatic N) is 1. The highest BCUT2D eigenvalue weighted by Crippen LogP contribution is 2.52. The normalized spacial score (nSPS) is 20.1. The molecule has 2 aliphatic rings. The summed E-state index contributed by atoms with van der Waals surface area (Å²) in [5.74, 6) is -8.01. The number of allylic oxidation sites excluding steroid dienone is 2. The number of carbonyl (C=O) groups excluding carboxylic acids is 3. The SMILES string of the molecule is COC(=O)C1=C(N)N(c2ccc(F)cc2F)C2=C(C(=O)[C@H](C(=O)OC)[C@@H](c3ccc(OC)cc3)C2)[C@H]1c1ccc(F)cc1. The summed E-state index contributed by atoms with van der Waals surface area (Å²) in [5, 5.41) is 0. The molecule has 0 saturated carbocycles. The van der Waals surface area contributed by atoms with Crippen molar-refractivity contribution >= 4 is 23.4 Å². The van der Waals surface area contributed by atoms with Crippen LogP contribution in [0.4, 0.5) is 18.9 Å². The molecule has 0 amide bonds. The van der Waals surface area contributed by atoms with E-state index < -0.39 is 52.9 Å². The molecule has 0 saturated heterocycles. The van der Waals surface area contributed by atoms with Crippen LogP contribution in [0.1, 0.15) is 29.4 Å². The highest BCUT2D eigenvalue weighted by atomic mass is 19.1. The topological polar surface area (TPSA) is 108 Å². The Morgan fingerprint density at radius 1 is 0.860 bits per heavy atom. The largest absolute Gasteiger partial charge is 0.497 e. The molecule has 11 heteroatoms. The summed E-state index contributed by atoms with van der Waals surface area (Å²) < 4.78 is 58.7. The van der Waals surface area contributed by atoms with Gasteiger partial charge in [0.2, 0.25) is 0 Å². The van der Waals surface area contributed by atoms with Crippen molar-refractivity contribution in [1.82, 2.24) is 0 Å². The average Bonchev–Trinajstić information content (AvgIpc) is 3.00. The van der Waals surface area contributed by atoms with E-state index >= 15 is 4.39 Å². The summed E-state index contributed by atoms with van der Waals surface area (Å²) in [6.07, 6.45) is -0.0448. The summed E-state index contributed by atoms with van der Waals surface area (Å²) in [6.45, 7) is 0. The molecular weight excluding hydrogens is 565 g/mol. The van der Waals surface area contributed by atoms with Gasteiger partial charge in [-0.15, -0.1) is 0 Å². The molecule has 0 aromatic heterocycles. The minimum absolute atomic E-state index is 0.0448. The Morgan fingerprint density at radius 2 is 1.49 bits per heavy atom. The van der Waals surface area contributed by atoms with E-state index in [9.17, 15) is 23.2 Å². The molecule has 3 atom stereocenters. The molecule has 0 fully saturated rings. The number of carbonyl (C=O) groups is 3. The predicted molar refractivity (Wildman–Crippen MR) is 149 cm³/mol. The lowest BCUT2D eigenvalue weighted by atomic mass is 9.67. The third-order valence-electron chi connectivity index (χ3n) is 7.80. The van der Waals surface area contributed by atoms with Crippen LogP contribution in [0.5, 0.6) is 5.75 Å². The highest BCUT2D eigenvalue weighted by molar-refractivity contribution is 6.14. The number of esters is 2. The second-order valence-electron chi connectivity index (χ2n) is 10.0. The quantitative estimate of drug-likeness (QED) is 0.320. The van der Waals surface area contributed by atoms with Crippen LogP contribution in [-0.2, 0) is 23.9 Å². The number of anilines is 1. The second kappa shape index (κ2) is 11.7. The van der Waals surface area contributed by atoms with Gasteiger partial charge < -0.3 is 19.9 Å².